The molecule has 3 aromatic rings. The maximum absolute atomic E-state index is 12.5. The Bertz CT molecular complexity index is 980. The first-order chi connectivity index (χ1) is 13.4. The van der Waals surface area contributed by atoms with Crippen LogP contribution >= 0.6 is 0 Å². The summed E-state index contributed by atoms with van der Waals surface area (Å²) in [4.78, 5) is 23.8. The standard InChI is InChI=1S/C20H21N5O3/c1-13(2)25-19(22-23-24-25)12-28-18-6-4-5-16(11-18)20(27)21-17-9-7-15(8-10-17)14(3)26/h4-11,13H,12H2,1-3H3,(H,21,27). The Balaban J connectivity index is 1.65. The van der Waals surface area contributed by atoms with Gasteiger partial charge in [0.15, 0.2) is 11.6 Å². The number of nitrogens with one attached hydrogen (secondary N) is 1. The molecule has 1 N–H and O–H groups in total. The van der Waals surface area contributed by atoms with E-state index in [0.717, 1.165) is 0 Å². The Morgan fingerprint density at radius 1 is 1.11 bits per heavy atom. The second kappa shape index (κ2) is 8.43. The molecule has 3 rings (SSSR count). The van der Waals surface area contributed by atoms with Crippen molar-refractivity contribution >= 4 is 17.4 Å². The lowest BCUT2D eigenvalue weighted by Gasteiger charge is -2.10. The van der Waals surface area contributed by atoms with Gasteiger partial charge in [0, 0.05) is 16.8 Å². The number of ketones is 1. The fourth-order valence-corrected chi connectivity index (χ4v) is 2.58. The van der Waals surface area contributed by atoms with Crippen LogP contribution in [0.25, 0.3) is 0 Å². The van der Waals surface area contributed by atoms with Crippen LogP contribution in [0.2, 0.25) is 0 Å². The number of rotatable bonds is 7. The first-order valence-corrected chi connectivity index (χ1v) is 8.86. The molecule has 0 aliphatic rings. The molecule has 1 aromatic heterocycles. The van der Waals surface area contributed by atoms with E-state index < -0.39 is 0 Å². The molecule has 0 spiro atoms. The lowest BCUT2D eigenvalue weighted by atomic mass is 10.1. The van der Waals surface area contributed by atoms with E-state index in [9.17, 15) is 9.59 Å². The summed E-state index contributed by atoms with van der Waals surface area (Å²) >= 11 is 0. The van der Waals surface area contributed by atoms with Crippen molar-refractivity contribution in [2.24, 2.45) is 0 Å². The highest BCUT2D eigenvalue weighted by Gasteiger charge is 2.11. The predicted molar refractivity (Wildman–Crippen MR) is 103 cm³/mol. The quantitative estimate of drug-likeness (QED) is 0.633. The van der Waals surface area contributed by atoms with Crippen molar-refractivity contribution in [3.05, 3.63) is 65.5 Å². The Morgan fingerprint density at radius 3 is 2.54 bits per heavy atom. The van der Waals surface area contributed by atoms with E-state index in [4.69, 9.17) is 4.74 Å². The van der Waals surface area contributed by atoms with Crippen molar-refractivity contribution in [2.45, 2.75) is 33.4 Å². The molecule has 0 saturated carbocycles. The number of carbonyl (C=O) groups excluding carboxylic acids is 2. The topological polar surface area (TPSA) is 99.0 Å². The zero-order valence-electron chi connectivity index (χ0n) is 15.9. The molecule has 144 valence electrons. The van der Waals surface area contributed by atoms with E-state index in [2.05, 4.69) is 20.8 Å². The molecule has 2 aromatic carbocycles. The molecule has 0 bridgehead atoms. The lowest BCUT2D eigenvalue weighted by Crippen LogP contribution is -2.13. The Labute approximate surface area is 162 Å². The van der Waals surface area contributed by atoms with Crippen molar-refractivity contribution in [2.75, 3.05) is 5.32 Å². The van der Waals surface area contributed by atoms with Gasteiger partial charge in [0.2, 0.25) is 0 Å². The zero-order valence-corrected chi connectivity index (χ0v) is 15.9. The van der Waals surface area contributed by atoms with Crippen molar-refractivity contribution in [1.82, 2.24) is 20.2 Å². The molecule has 8 heteroatoms. The van der Waals surface area contributed by atoms with Crippen molar-refractivity contribution in [3.63, 3.8) is 0 Å². The number of aromatic nitrogens is 4. The summed E-state index contributed by atoms with van der Waals surface area (Å²) in [6, 6.07) is 13.7. The normalized spacial score (nSPS) is 10.7. The third kappa shape index (κ3) is 4.59. The molecular weight excluding hydrogens is 358 g/mol. The van der Waals surface area contributed by atoms with E-state index in [1.54, 1.807) is 53.2 Å². The summed E-state index contributed by atoms with van der Waals surface area (Å²) in [5, 5.41) is 14.4. The van der Waals surface area contributed by atoms with Gasteiger partial charge in [-0.05, 0) is 73.7 Å². The average molecular weight is 379 g/mol. The summed E-state index contributed by atoms with van der Waals surface area (Å²) < 4.78 is 7.43. The van der Waals surface area contributed by atoms with Gasteiger partial charge in [-0.3, -0.25) is 9.59 Å². The van der Waals surface area contributed by atoms with Gasteiger partial charge >= 0.3 is 0 Å². The molecule has 8 nitrogen and oxygen atoms in total. The molecule has 0 aliphatic carbocycles. The number of hydrogen-bond acceptors (Lipinski definition) is 6. The molecule has 0 saturated heterocycles. The Kier molecular flexibility index (Phi) is 5.78. The molecule has 0 radical (unpaired) electrons. The number of benzene rings is 2. The summed E-state index contributed by atoms with van der Waals surface area (Å²) in [6.45, 7) is 5.66. The van der Waals surface area contributed by atoms with Crippen LogP contribution in [0.1, 0.15) is 53.4 Å². The maximum Gasteiger partial charge on any atom is 0.255 e. The highest BCUT2D eigenvalue weighted by atomic mass is 16.5. The number of carbonyl (C=O) groups is 2. The van der Waals surface area contributed by atoms with Crippen LogP contribution in [-0.2, 0) is 6.61 Å². The SMILES string of the molecule is CC(=O)c1ccc(NC(=O)c2cccc(OCc3nnnn3C(C)C)c2)cc1. The van der Waals surface area contributed by atoms with Gasteiger partial charge in [-0.2, -0.15) is 0 Å². The van der Waals surface area contributed by atoms with Gasteiger partial charge in [0.25, 0.3) is 5.91 Å². The van der Waals surface area contributed by atoms with Crippen LogP contribution in [0.4, 0.5) is 5.69 Å². The third-order valence-corrected chi connectivity index (χ3v) is 4.06. The molecule has 28 heavy (non-hydrogen) atoms. The van der Waals surface area contributed by atoms with E-state index in [0.29, 0.717) is 28.4 Å². The van der Waals surface area contributed by atoms with Crippen molar-refractivity contribution < 1.29 is 14.3 Å². The van der Waals surface area contributed by atoms with Gasteiger partial charge in [0.1, 0.15) is 12.4 Å². The molecule has 0 unspecified atom stereocenters. The van der Waals surface area contributed by atoms with Crippen molar-refractivity contribution in [3.8, 4) is 5.75 Å². The number of ether oxygens (including phenoxy) is 1. The van der Waals surface area contributed by atoms with E-state index in [-0.39, 0.29) is 24.3 Å². The zero-order chi connectivity index (χ0) is 20.1. The smallest absolute Gasteiger partial charge is 0.255 e. The molecule has 0 atom stereocenters. The first kappa shape index (κ1) is 19.2. The van der Waals surface area contributed by atoms with Crippen molar-refractivity contribution in [1.29, 1.82) is 0 Å². The highest BCUT2D eigenvalue weighted by molar-refractivity contribution is 6.04. The number of amides is 1. The van der Waals surface area contributed by atoms with Crippen LogP contribution in [0.3, 0.4) is 0 Å². The number of anilines is 1. The fraction of sp³-hybridized carbons (Fsp3) is 0.250. The third-order valence-electron chi connectivity index (χ3n) is 4.06. The van der Waals surface area contributed by atoms with Crippen LogP contribution in [0, 0.1) is 0 Å². The van der Waals surface area contributed by atoms with Crippen LogP contribution in [0.15, 0.2) is 48.5 Å². The number of tetrazole rings is 1. The Morgan fingerprint density at radius 2 is 1.86 bits per heavy atom. The molecule has 0 fully saturated rings. The predicted octanol–water partition coefficient (Wildman–Crippen LogP) is 3.29. The first-order valence-electron chi connectivity index (χ1n) is 8.86. The summed E-state index contributed by atoms with van der Waals surface area (Å²) in [5.41, 5.74) is 1.66. The number of nitrogens with zero attached hydrogens (tertiary/aromatic N) is 4. The van der Waals surface area contributed by atoms with Gasteiger partial charge in [-0.25, -0.2) is 4.68 Å². The van der Waals surface area contributed by atoms with E-state index in [1.807, 2.05) is 13.8 Å². The molecule has 0 aliphatic heterocycles. The Hall–Kier alpha value is -3.55. The minimum absolute atomic E-state index is 0.0220. The minimum atomic E-state index is -0.270. The largest absolute Gasteiger partial charge is 0.486 e. The highest BCUT2D eigenvalue weighted by Crippen LogP contribution is 2.17. The average Bonchev–Trinajstić information content (AvgIpc) is 3.16. The maximum atomic E-state index is 12.5. The van der Waals surface area contributed by atoms with Gasteiger partial charge in [-0.15, -0.1) is 5.10 Å². The number of hydrogen-bond donors (Lipinski definition) is 1. The van der Waals surface area contributed by atoms with Gasteiger partial charge in [-0.1, -0.05) is 6.07 Å². The summed E-state index contributed by atoms with van der Waals surface area (Å²) in [6.07, 6.45) is 0. The van der Waals surface area contributed by atoms with Crippen LogP contribution < -0.4 is 10.1 Å². The monoisotopic (exact) mass is 379 g/mol. The summed E-state index contributed by atoms with van der Waals surface area (Å²) in [7, 11) is 0. The minimum Gasteiger partial charge on any atom is -0.486 e. The van der Waals surface area contributed by atoms with E-state index in [1.165, 1.54) is 6.92 Å². The van der Waals surface area contributed by atoms with Gasteiger partial charge < -0.3 is 10.1 Å². The second-order valence-electron chi connectivity index (χ2n) is 6.54. The van der Waals surface area contributed by atoms with Crippen LogP contribution in [0.5, 0.6) is 5.75 Å². The lowest BCUT2D eigenvalue weighted by molar-refractivity contribution is 0.101. The summed E-state index contributed by atoms with van der Waals surface area (Å²) in [5.74, 6) is 0.854. The second-order valence-corrected chi connectivity index (χ2v) is 6.54. The van der Waals surface area contributed by atoms with E-state index >= 15 is 0 Å². The van der Waals surface area contributed by atoms with Gasteiger partial charge in [0.05, 0.1) is 6.04 Å². The molecule has 1 heterocycles. The number of Topliss-reactive ketones (excluding diaryl/α,β-unsaturated/α-hetero) is 1. The fourth-order valence-electron chi connectivity index (χ4n) is 2.58. The van der Waals surface area contributed by atoms with Crippen LogP contribution in [-0.4, -0.2) is 31.9 Å². The molecular formula is C20H21N5O3. The molecule has 1 amide bonds.